The smallest absolute Gasteiger partial charge is 0.263 e. The quantitative estimate of drug-likeness (QED) is 0.393. The van der Waals surface area contributed by atoms with E-state index in [2.05, 4.69) is 36.5 Å². The molecule has 3 heterocycles. The van der Waals surface area contributed by atoms with Crippen LogP contribution in [0.4, 0.5) is 0 Å². The number of ether oxygens (including phenoxy) is 1. The molecule has 2 aromatic carbocycles. The van der Waals surface area contributed by atoms with Gasteiger partial charge in [-0.15, -0.1) is 11.3 Å². The van der Waals surface area contributed by atoms with Crippen LogP contribution >= 0.6 is 35.3 Å². The predicted molar refractivity (Wildman–Crippen MR) is 128 cm³/mol. The highest BCUT2D eigenvalue weighted by Crippen LogP contribution is 2.48. The Morgan fingerprint density at radius 3 is 2.50 bits per heavy atom. The number of rotatable bonds is 3. The number of para-hydroxylation sites is 1. The van der Waals surface area contributed by atoms with E-state index in [1.165, 1.54) is 22.9 Å². The maximum absolute atomic E-state index is 12.5. The summed E-state index contributed by atoms with van der Waals surface area (Å²) in [5.41, 5.74) is 4.44. The number of hydrogen-bond donors (Lipinski definition) is 1. The number of nitrogens with one attached hydrogen (secondary N) is 1. The van der Waals surface area contributed by atoms with Crippen molar-refractivity contribution in [2.75, 3.05) is 0 Å². The molecular formula is C24H17NO2S3. The first-order chi connectivity index (χ1) is 14.6. The average molecular weight is 448 g/mol. The van der Waals surface area contributed by atoms with Gasteiger partial charge in [-0.05, 0) is 41.6 Å². The normalized spacial score (nSPS) is 19.6. The third-order valence-corrected chi connectivity index (χ3v) is 7.22. The van der Waals surface area contributed by atoms with Crippen molar-refractivity contribution in [3.05, 3.63) is 104 Å². The SMILES string of the molecule is Cc1ccccc1[C@H]1C(/C=C2/SC(=S)NC2=O)=C(c2cccs2)Oc2ccccc21. The van der Waals surface area contributed by atoms with Gasteiger partial charge in [-0.2, -0.15) is 0 Å². The van der Waals surface area contributed by atoms with E-state index in [4.69, 9.17) is 17.0 Å². The molecule has 2 aliphatic rings. The standard InChI is InChI=1S/C24H17NO2S3/c1-14-7-2-3-8-15(14)21-16-9-4-5-10-18(16)27-22(19-11-6-12-29-19)17(21)13-20-23(26)25-24(28)30-20/h2-13,21H,1H3,(H,25,26,28)/b20-13+/t21-/m1/s1. The van der Waals surface area contributed by atoms with Crippen molar-refractivity contribution in [2.45, 2.75) is 12.8 Å². The van der Waals surface area contributed by atoms with Crippen LogP contribution in [0.3, 0.4) is 0 Å². The lowest BCUT2D eigenvalue weighted by Gasteiger charge is -2.30. The molecule has 148 valence electrons. The molecule has 0 spiro atoms. The Hall–Kier alpha value is -2.67. The van der Waals surface area contributed by atoms with E-state index in [9.17, 15) is 4.79 Å². The van der Waals surface area contributed by atoms with E-state index < -0.39 is 0 Å². The third-order valence-electron chi connectivity index (χ3n) is 5.19. The molecule has 0 bridgehead atoms. The first-order valence-electron chi connectivity index (χ1n) is 9.47. The van der Waals surface area contributed by atoms with Gasteiger partial charge in [-0.3, -0.25) is 4.79 Å². The van der Waals surface area contributed by atoms with Gasteiger partial charge >= 0.3 is 0 Å². The zero-order chi connectivity index (χ0) is 20.7. The number of benzene rings is 2. The van der Waals surface area contributed by atoms with Gasteiger partial charge in [0.05, 0.1) is 9.78 Å². The van der Waals surface area contributed by atoms with Gasteiger partial charge in [0.1, 0.15) is 15.8 Å². The van der Waals surface area contributed by atoms with E-state index in [-0.39, 0.29) is 11.8 Å². The van der Waals surface area contributed by atoms with Crippen LogP contribution in [0.25, 0.3) is 5.76 Å². The Balaban J connectivity index is 1.79. The second kappa shape index (κ2) is 7.87. The monoisotopic (exact) mass is 447 g/mol. The van der Waals surface area contributed by atoms with Gasteiger partial charge in [0.25, 0.3) is 5.91 Å². The fraction of sp³-hybridized carbons (Fsp3) is 0.0833. The number of thiocarbonyl (C=S) groups is 1. The van der Waals surface area contributed by atoms with Crippen LogP contribution < -0.4 is 10.1 Å². The maximum atomic E-state index is 12.5. The van der Waals surface area contributed by atoms with Crippen molar-refractivity contribution in [2.24, 2.45) is 0 Å². The lowest BCUT2D eigenvalue weighted by atomic mass is 9.80. The Bertz CT molecular complexity index is 1220. The second-order valence-electron chi connectivity index (χ2n) is 7.04. The minimum Gasteiger partial charge on any atom is -0.455 e. The van der Waals surface area contributed by atoms with E-state index in [0.717, 1.165) is 27.5 Å². The second-order valence-corrected chi connectivity index (χ2v) is 9.71. The molecule has 0 unspecified atom stereocenters. The highest BCUT2D eigenvalue weighted by molar-refractivity contribution is 8.26. The fourth-order valence-corrected chi connectivity index (χ4v) is 5.60. The van der Waals surface area contributed by atoms with Crippen LogP contribution in [-0.2, 0) is 4.79 Å². The molecule has 0 radical (unpaired) electrons. The summed E-state index contributed by atoms with van der Waals surface area (Å²) in [4.78, 5) is 14.1. The van der Waals surface area contributed by atoms with E-state index in [1.807, 2.05) is 47.9 Å². The number of fused-ring (bicyclic) bond motifs is 1. The van der Waals surface area contributed by atoms with Gasteiger partial charge in [-0.1, -0.05) is 72.5 Å². The molecular weight excluding hydrogens is 430 g/mol. The van der Waals surface area contributed by atoms with Crippen molar-refractivity contribution in [3.8, 4) is 5.75 Å². The average Bonchev–Trinajstić information content (AvgIpc) is 3.38. The predicted octanol–water partition coefficient (Wildman–Crippen LogP) is 6.02. The zero-order valence-electron chi connectivity index (χ0n) is 16.0. The molecule has 0 saturated carbocycles. The Morgan fingerprint density at radius 1 is 1.03 bits per heavy atom. The Morgan fingerprint density at radius 2 is 1.80 bits per heavy atom. The van der Waals surface area contributed by atoms with Crippen molar-refractivity contribution in [1.82, 2.24) is 5.32 Å². The number of hydrogen-bond acceptors (Lipinski definition) is 5. The number of amides is 1. The van der Waals surface area contributed by atoms with Crippen molar-refractivity contribution < 1.29 is 9.53 Å². The number of carbonyl (C=O) groups excluding carboxylic acids is 1. The summed E-state index contributed by atoms with van der Waals surface area (Å²) in [5, 5.41) is 4.75. The highest BCUT2D eigenvalue weighted by atomic mass is 32.2. The lowest BCUT2D eigenvalue weighted by Crippen LogP contribution is -2.19. The Kier molecular flexibility index (Phi) is 5.06. The molecule has 30 heavy (non-hydrogen) atoms. The van der Waals surface area contributed by atoms with Crippen molar-refractivity contribution in [1.29, 1.82) is 0 Å². The van der Waals surface area contributed by atoms with Gasteiger partial charge < -0.3 is 10.1 Å². The minimum atomic E-state index is -0.162. The largest absolute Gasteiger partial charge is 0.455 e. The van der Waals surface area contributed by atoms with E-state index >= 15 is 0 Å². The molecule has 3 aromatic rings. The zero-order valence-corrected chi connectivity index (χ0v) is 18.5. The molecule has 1 N–H and O–H groups in total. The van der Waals surface area contributed by atoms with Gasteiger partial charge in [0, 0.05) is 17.1 Å². The van der Waals surface area contributed by atoms with Crippen LogP contribution in [0.5, 0.6) is 5.75 Å². The van der Waals surface area contributed by atoms with Crippen LogP contribution in [0, 0.1) is 6.92 Å². The summed E-state index contributed by atoms with van der Waals surface area (Å²) in [7, 11) is 0. The molecule has 3 nitrogen and oxygen atoms in total. The number of thiophene rings is 1. The molecule has 6 heteroatoms. The maximum Gasteiger partial charge on any atom is 0.263 e. The number of aryl methyl sites for hydroxylation is 1. The van der Waals surface area contributed by atoms with Crippen LogP contribution in [0.2, 0.25) is 0 Å². The van der Waals surface area contributed by atoms with Gasteiger partial charge in [0.15, 0.2) is 0 Å². The molecule has 1 fully saturated rings. The lowest BCUT2D eigenvalue weighted by molar-refractivity contribution is -0.115. The molecule has 5 rings (SSSR count). The van der Waals surface area contributed by atoms with E-state index in [0.29, 0.717) is 9.23 Å². The molecule has 2 aliphatic heterocycles. The third kappa shape index (κ3) is 3.41. The first kappa shape index (κ1) is 19.3. The minimum absolute atomic E-state index is 0.0525. The molecule has 1 aromatic heterocycles. The first-order valence-corrected chi connectivity index (χ1v) is 11.6. The molecule has 1 atom stereocenters. The van der Waals surface area contributed by atoms with Crippen molar-refractivity contribution in [3.63, 3.8) is 0 Å². The van der Waals surface area contributed by atoms with E-state index in [1.54, 1.807) is 11.3 Å². The highest BCUT2D eigenvalue weighted by Gasteiger charge is 2.33. The molecule has 1 saturated heterocycles. The van der Waals surface area contributed by atoms with Gasteiger partial charge in [0.2, 0.25) is 0 Å². The number of allylic oxidation sites excluding steroid dienone is 2. The molecule has 0 aliphatic carbocycles. The van der Waals surface area contributed by atoms with Crippen LogP contribution in [0.15, 0.2) is 82.6 Å². The Labute approximate surface area is 188 Å². The summed E-state index contributed by atoms with van der Waals surface area (Å²) in [5.74, 6) is 1.42. The topological polar surface area (TPSA) is 38.3 Å². The summed E-state index contributed by atoms with van der Waals surface area (Å²) >= 11 is 8.12. The number of carbonyl (C=O) groups is 1. The van der Waals surface area contributed by atoms with Gasteiger partial charge in [-0.25, -0.2) is 0 Å². The summed E-state index contributed by atoms with van der Waals surface area (Å²) < 4.78 is 6.91. The fourth-order valence-electron chi connectivity index (χ4n) is 3.84. The summed E-state index contributed by atoms with van der Waals surface area (Å²) in [6, 6.07) is 20.6. The van der Waals surface area contributed by atoms with Crippen LogP contribution in [0.1, 0.15) is 27.5 Å². The van der Waals surface area contributed by atoms with Crippen LogP contribution in [-0.4, -0.2) is 10.2 Å². The summed E-state index contributed by atoms with van der Waals surface area (Å²) in [6.07, 6.45) is 1.95. The summed E-state index contributed by atoms with van der Waals surface area (Å²) in [6.45, 7) is 2.12. The van der Waals surface area contributed by atoms with Crippen molar-refractivity contribution >= 4 is 51.3 Å². The number of thioether (sulfide) groups is 1. The molecule has 1 amide bonds.